The molecule has 1 amide bonds. The molecule has 3 aromatic rings. The van der Waals surface area contributed by atoms with Gasteiger partial charge in [-0.1, -0.05) is 6.92 Å². The number of nitro groups is 1. The second-order valence-electron chi connectivity index (χ2n) is 8.53. The first-order valence-electron chi connectivity index (χ1n) is 10.8. The highest BCUT2D eigenvalue weighted by atomic mass is 32.1. The molecular formula is C23H19N5O6S. The molecule has 0 unspecified atom stereocenters. The van der Waals surface area contributed by atoms with Crippen LogP contribution in [0.1, 0.15) is 30.0 Å². The number of hydrogen-bond donors (Lipinski definition) is 1. The molecule has 0 spiro atoms. The van der Waals surface area contributed by atoms with Crippen molar-refractivity contribution in [2.24, 2.45) is 11.8 Å². The molecule has 0 saturated carbocycles. The van der Waals surface area contributed by atoms with Gasteiger partial charge >= 0.3 is 5.97 Å². The second-order valence-corrected chi connectivity index (χ2v) is 9.56. The number of amides is 1. The Labute approximate surface area is 202 Å². The van der Waals surface area contributed by atoms with Gasteiger partial charge < -0.3 is 14.7 Å². The van der Waals surface area contributed by atoms with E-state index >= 15 is 0 Å². The Balaban J connectivity index is 1.50. The number of carbonyl (C=O) groups is 2. The summed E-state index contributed by atoms with van der Waals surface area (Å²) in [4.78, 5) is 43.3. The van der Waals surface area contributed by atoms with Crippen molar-refractivity contribution in [3.63, 3.8) is 0 Å². The molecule has 1 aromatic carbocycles. The Morgan fingerprint density at radius 3 is 2.74 bits per heavy atom. The Morgan fingerprint density at radius 1 is 1.40 bits per heavy atom. The highest BCUT2D eigenvalue weighted by molar-refractivity contribution is 7.18. The van der Waals surface area contributed by atoms with Gasteiger partial charge in [0.15, 0.2) is 5.69 Å². The molecule has 2 aliphatic rings. The van der Waals surface area contributed by atoms with Gasteiger partial charge in [-0.3, -0.25) is 19.3 Å². The number of thiazole rings is 1. The van der Waals surface area contributed by atoms with E-state index in [1.807, 2.05) is 13.0 Å². The number of hydrogen-bond acceptors (Lipinski definition) is 9. The summed E-state index contributed by atoms with van der Waals surface area (Å²) >= 11 is 1.29. The fourth-order valence-electron chi connectivity index (χ4n) is 4.82. The zero-order valence-corrected chi connectivity index (χ0v) is 19.4. The van der Waals surface area contributed by atoms with Crippen molar-refractivity contribution >= 4 is 39.3 Å². The number of ether oxygens (including phenoxy) is 1. The average molecular weight is 494 g/mol. The van der Waals surface area contributed by atoms with E-state index in [1.54, 1.807) is 17.5 Å². The maximum Gasteiger partial charge on any atom is 0.355 e. The summed E-state index contributed by atoms with van der Waals surface area (Å²) < 4.78 is 7.22. The fourth-order valence-corrected chi connectivity index (χ4v) is 5.98. The first-order chi connectivity index (χ1) is 16.7. The zero-order chi connectivity index (χ0) is 25.0. The average Bonchev–Trinajstić information content (AvgIpc) is 3.47. The van der Waals surface area contributed by atoms with Crippen molar-refractivity contribution in [2.75, 3.05) is 0 Å². The number of non-ortho nitro benzene ring substituents is 1. The van der Waals surface area contributed by atoms with E-state index in [0.29, 0.717) is 20.8 Å². The van der Waals surface area contributed by atoms with Gasteiger partial charge in [-0.25, -0.2) is 9.78 Å². The third-order valence-electron chi connectivity index (χ3n) is 6.47. The van der Waals surface area contributed by atoms with Crippen LogP contribution in [0.4, 0.5) is 5.69 Å². The lowest BCUT2D eigenvalue weighted by Gasteiger charge is -2.46. The van der Waals surface area contributed by atoms with E-state index in [2.05, 4.69) is 4.98 Å². The molecule has 4 atom stereocenters. The maximum absolute atomic E-state index is 13.3. The number of aliphatic hydroxyl groups is 1. The highest BCUT2D eigenvalue weighted by Crippen LogP contribution is 2.51. The van der Waals surface area contributed by atoms with Crippen molar-refractivity contribution in [2.45, 2.75) is 32.6 Å². The number of fused-ring (bicyclic) bond motifs is 2. The molecule has 5 rings (SSSR count). The van der Waals surface area contributed by atoms with Crippen LogP contribution in [-0.2, 0) is 20.9 Å². The monoisotopic (exact) mass is 493 g/mol. The van der Waals surface area contributed by atoms with E-state index < -0.39 is 29.0 Å². The van der Waals surface area contributed by atoms with Gasteiger partial charge in [0.25, 0.3) is 5.69 Å². The normalized spacial score (nSPS) is 22.1. The zero-order valence-electron chi connectivity index (χ0n) is 18.6. The minimum atomic E-state index is -0.878. The number of rotatable bonds is 6. The topological polar surface area (TPSA) is 151 Å². The number of carbonyl (C=O) groups excluding carboxylic acids is 2. The van der Waals surface area contributed by atoms with Gasteiger partial charge in [-0.2, -0.15) is 5.26 Å². The SMILES string of the molecule is C[C@@H](O)[C@H]1C(=O)N2C(C(=O)OCc3ccc([N+](=O)[O-])cc3)=C(c3cn4cnc(C#N)c4s3)[C@H](C)[C@H]12. The third kappa shape index (κ3) is 3.48. The molecule has 11 nitrogen and oxygen atoms in total. The molecule has 12 heteroatoms. The van der Waals surface area contributed by atoms with Gasteiger partial charge in [0.1, 0.15) is 29.5 Å². The molecule has 0 bridgehead atoms. The number of β-lactam (4-membered cyclic amide) rings is 1. The van der Waals surface area contributed by atoms with Crippen molar-refractivity contribution in [1.82, 2.24) is 14.3 Å². The summed E-state index contributed by atoms with van der Waals surface area (Å²) in [6, 6.07) is 7.29. The molecule has 1 N–H and O–H groups in total. The van der Waals surface area contributed by atoms with Gasteiger partial charge in [0.2, 0.25) is 5.91 Å². The number of aliphatic hydroxyl groups excluding tert-OH is 1. The largest absolute Gasteiger partial charge is 0.456 e. The maximum atomic E-state index is 13.3. The summed E-state index contributed by atoms with van der Waals surface area (Å²) in [6.45, 7) is 3.31. The van der Waals surface area contributed by atoms with Crippen LogP contribution in [0.25, 0.3) is 10.4 Å². The van der Waals surface area contributed by atoms with E-state index in [4.69, 9.17) is 4.74 Å². The van der Waals surface area contributed by atoms with Crippen LogP contribution in [0.15, 0.2) is 42.5 Å². The van der Waals surface area contributed by atoms with Crippen LogP contribution in [0.3, 0.4) is 0 Å². The Morgan fingerprint density at radius 2 is 2.11 bits per heavy atom. The van der Waals surface area contributed by atoms with Gasteiger partial charge in [0, 0.05) is 29.8 Å². The van der Waals surface area contributed by atoms with Crippen molar-refractivity contribution in [3.8, 4) is 6.07 Å². The quantitative estimate of drug-likeness (QED) is 0.238. The summed E-state index contributed by atoms with van der Waals surface area (Å²) in [5, 5.41) is 30.3. The highest BCUT2D eigenvalue weighted by Gasteiger charge is 2.60. The number of esters is 1. The predicted octanol–water partition coefficient (Wildman–Crippen LogP) is 2.49. The van der Waals surface area contributed by atoms with Gasteiger partial charge in [-0.15, -0.1) is 11.3 Å². The predicted molar refractivity (Wildman–Crippen MR) is 123 cm³/mol. The molecule has 0 aliphatic carbocycles. The molecule has 0 radical (unpaired) electrons. The first-order valence-corrected chi connectivity index (χ1v) is 11.6. The number of aromatic nitrogens is 2. The van der Waals surface area contributed by atoms with E-state index in [9.17, 15) is 30.1 Å². The number of nitriles is 1. The number of benzene rings is 1. The standard InChI is InChI=1S/C23H19N5O6S/c1-11-17(16-8-26-10-25-15(7-24)22(26)35-16)20(27-19(11)18(12(2)29)21(27)30)23(31)34-9-13-3-5-14(6-4-13)28(32)33/h3-6,8,10-12,18-19,29H,9H2,1-2H3/t11-,12+,18+,19+/m0/s1. The minimum Gasteiger partial charge on any atom is -0.456 e. The van der Waals surface area contributed by atoms with E-state index in [-0.39, 0.29) is 35.5 Å². The van der Waals surface area contributed by atoms with E-state index in [0.717, 1.165) is 0 Å². The van der Waals surface area contributed by atoms with Gasteiger partial charge in [0.05, 0.1) is 27.9 Å². The van der Waals surface area contributed by atoms with Crippen molar-refractivity contribution < 1.29 is 24.4 Å². The molecule has 2 aromatic heterocycles. The summed E-state index contributed by atoms with van der Waals surface area (Å²) in [5.41, 5.74) is 1.46. The number of nitro benzene ring substituents is 1. The number of imidazole rings is 1. The van der Waals surface area contributed by atoms with Crippen molar-refractivity contribution in [1.29, 1.82) is 5.26 Å². The number of nitrogens with zero attached hydrogens (tertiary/aromatic N) is 5. The minimum absolute atomic E-state index is 0.0757. The summed E-state index contributed by atoms with van der Waals surface area (Å²) in [6.07, 6.45) is 2.40. The lowest BCUT2D eigenvalue weighted by Crippen LogP contribution is -2.63. The molecule has 1 fully saturated rings. The molecule has 35 heavy (non-hydrogen) atoms. The van der Waals surface area contributed by atoms with Crippen LogP contribution in [0.2, 0.25) is 0 Å². The first kappa shape index (κ1) is 22.7. The van der Waals surface area contributed by atoms with Crippen LogP contribution >= 0.6 is 11.3 Å². The summed E-state index contributed by atoms with van der Waals surface area (Å²) in [7, 11) is 0. The molecule has 4 heterocycles. The van der Waals surface area contributed by atoms with Crippen LogP contribution in [-0.4, -0.2) is 48.3 Å². The fraction of sp³-hybridized carbons (Fsp3) is 0.304. The van der Waals surface area contributed by atoms with Crippen LogP contribution in [0, 0.1) is 33.3 Å². The molecule has 1 saturated heterocycles. The third-order valence-corrected chi connectivity index (χ3v) is 7.61. The van der Waals surface area contributed by atoms with E-state index in [1.165, 1.54) is 46.8 Å². The smallest absolute Gasteiger partial charge is 0.355 e. The van der Waals surface area contributed by atoms with Crippen molar-refractivity contribution in [3.05, 3.63) is 68.7 Å². The van der Waals surface area contributed by atoms with Crippen LogP contribution in [0.5, 0.6) is 0 Å². The second kappa shape index (κ2) is 8.30. The van der Waals surface area contributed by atoms with Crippen LogP contribution < -0.4 is 0 Å². The summed E-state index contributed by atoms with van der Waals surface area (Å²) in [5.74, 6) is -1.96. The van der Waals surface area contributed by atoms with Gasteiger partial charge in [-0.05, 0) is 24.6 Å². The molecule has 2 aliphatic heterocycles. The lowest BCUT2D eigenvalue weighted by atomic mass is 9.77. The Bertz CT molecular complexity index is 1450. The lowest BCUT2D eigenvalue weighted by molar-refractivity contribution is -0.384. The molecular weight excluding hydrogens is 474 g/mol. The molecule has 178 valence electrons. The Kier molecular flexibility index (Phi) is 5.38. The Hall–Kier alpha value is -4.08.